The highest BCUT2D eigenvalue weighted by Gasteiger charge is 2.08. The van der Waals surface area contributed by atoms with Crippen molar-refractivity contribution in [3.63, 3.8) is 0 Å². The topological polar surface area (TPSA) is 42.0 Å². The van der Waals surface area contributed by atoms with Crippen LogP contribution in [0, 0.1) is 0 Å². The SMILES string of the molecule is CCCCCC(C)NC(=O)c1cccnc1. The van der Waals surface area contributed by atoms with E-state index in [-0.39, 0.29) is 11.9 Å². The lowest BCUT2D eigenvalue weighted by molar-refractivity contribution is 0.0937. The van der Waals surface area contributed by atoms with Gasteiger partial charge < -0.3 is 5.32 Å². The maximum atomic E-state index is 11.7. The Morgan fingerprint density at radius 3 is 2.94 bits per heavy atom. The normalized spacial score (nSPS) is 12.1. The molecule has 0 aliphatic rings. The van der Waals surface area contributed by atoms with E-state index in [0.29, 0.717) is 5.56 Å². The maximum absolute atomic E-state index is 11.7. The number of pyridine rings is 1. The van der Waals surface area contributed by atoms with E-state index in [0.717, 1.165) is 6.42 Å². The second-order valence-electron chi connectivity index (χ2n) is 4.11. The highest BCUT2D eigenvalue weighted by Crippen LogP contribution is 2.04. The first-order chi connectivity index (χ1) is 7.74. The van der Waals surface area contributed by atoms with Crippen LogP contribution in [0.2, 0.25) is 0 Å². The van der Waals surface area contributed by atoms with Gasteiger partial charge in [0.15, 0.2) is 0 Å². The van der Waals surface area contributed by atoms with E-state index < -0.39 is 0 Å². The maximum Gasteiger partial charge on any atom is 0.253 e. The van der Waals surface area contributed by atoms with Crippen molar-refractivity contribution in [3.8, 4) is 0 Å². The molecule has 0 saturated carbocycles. The van der Waals surface area contributed by atoms with E-state index in [4.69, 9.17) is 0 Å². The zero-order valence-electron chi connectivity index (χ0n) is 10.1. The highest BCUT2D eigenvalue weighted by molar-refractivity contribution is 5.93. The largest absolute Gasteiger partial charge is 0.350 e. The zero-order chi connectivity index (χ0) is 11.8. The first-order valence-electron chi connectivity index (χ1n) is 5.95. The van der Waals surface area contributed by atoms with Gasteiger partial charge in [-0.3, -0.25) is 9.78 Å². The van der Waals surface area contributed by atoms with Crippen molar-refractivity contribution in [2.45, 2.75) is 45.6 Å². The van der Waals surface area contributed by atoms with Gasteiger partial charge in [-0.05, 0) is 25.5 Å². The lowest BCUT2D eigenvalue weighted by Gasteiger charge is -2.13. The molecule has 0 spiro atoms. The van der Waals surface area contributed by atoms with Gasteiger partial charge in [0.2, 0.25) is 0 Å². The number of aromatic nitrogens is 1. The molecule has 1 amide bonds. The van der Waals surface area contributed by atoms with Gasteiger partial charge in [-0.1, -0.05) is 26.2 Å². The predicted octanol–water partition coefficient (Wildman–Crippen LogP) is 2.78. The van der Waals surface area contributed by atoms with Crippen LogP contribution >= 0.6 is 0 Å². The van der Waals surface area contributed by atoms with Gasteiger partial charge in [-0.2, -0.15) is 0 Å². The van der Waals surface area contributed by atoms with Crippen molar-refractivity contribution in [2.24, 2.45) is 0 Å². The summed E-state index contributed by atoms with van der Waals surface area (Å²) in [4.78, 5) is 15.7. The molecule has 1 unspecified atom stereocenters. The van der Waals surface area contributed by atoms with Crippen LogP contribution in [0.25, 0.3) is 0 Å². The molecule has 1 aromatic heterocycles. The van der Waals surface area contributed by atoms with E-state index in [9.17, 15) is 4.79 Å². The number of nitrogens with one attached hydrogen (secondary N) is 1. The molecule has 0 bridgehead atoms. The van der Waals surface area contributed by atoms with Crippen molar-refractivity contribution in [1.29, 1.82) is 0 Å². The van der Waals surface area contributed by atoms with Gasteiger partial charge >= 0.3 is 0 Å². The second-order valence-corrected chi connectivity index (χ2v) is 4.11. The third kappa shape index (κ3) is 4.43. The Morgan fingerprint density at radius 2 is 2.31 bits per heavy atom. The summed E-state index contributed by atoms with van der Waals surface area (Å²) in [6.07, 6.45) is 7.91. The molecule has 0 aliphatic heterocycles. The minimum atomic E-state index is -0.0305. The number of nitrogens with zero attached hydrogens (tertiary/aromatic N) is 1. The Balaban J connectivity index is 2.34. The highest BCUT2D eigenvalue weighted by atomic mass is 16.1. The number of unbranched alkanes of at least 4 members (excludes halogenated alkanes) is 2. The van der Waals surface area contributed by atoms with Crippen LogP contribution in [0.4, 0.5) is 0 Å². The number of rotatable bonds is 6. The molecular weight excluding hydrogens is 200 g/mol. The lowest BCUT2D eigenvalue weighted by atomic mass is 10.1. The third-order valence-corrected chi connectivity index (χ3v) is 2.54. The summed E-state index contributed by atoms with van der Waals surface area (Å²) in [5.74, 6) is -0.0305. The molecule has 88 valence electrons. The van der Waals surface area contributed by atoms with Crippen LogP contribution in [-0.4, -0.2) is 16.9 Å². The van der Waals surface area contributed by atoms with E-state index >= 15 is 0 Å². The first-order valence-corrected chi connectivity index (χ1v) is 5.95. The fourth-order valence-electron chi connectivity index (χ4n) is 1.58. The van der Waals surface area contributed by atoms with Gasteiger partial charge in [0.25, 0.3) is 5.91 Å². The molecule has 1 rings (SSSR count). The molecule has 0 aromatic carbocycles. The third-order valence-electron chi connectivity index (χ3n) is 2.54. The van der Waals surface area contributed by atoms with E-state index in [2.05, 4.69) is 17.2 Å². The Labute approximate surface area is 97.3 Å². The summed E-state index contributed by atoms with van der Waals surface area (Å²) in [5.41, 5.74) is 0.629. The second kappa shape index (κ2) is 6.99. The number of carbonyl (C=O) groups is 1. The molecule has 0 radical (unpaired) electrons. The Hall–Kier alpha value is -1.38. The molecule has 0 aliphatic carbocycles. The summed E-state index contributed by atoms with van der Waals surface area (Å²) >= 11 is 0. The zero-order valence-corrected chi connectivity index (χ0v) is 10.1. The molecule has 0 saturated heterocycles. The molecule has 1 N–H and O–H groups in total. The Morgan fingerprint density at radius 1 is 1.50 bits per heavy atom. The number of amides is 1. The van der Waals surface area contributed by atoms with Crippen LogP contribution in [0.5, 0.6) is 0 Å². The van der Waals surface area contributed by atoms with E-state index in [1.807, 2.05) is 6.92 Å². The molecule has 0 fully saturated rings. The van der Waals surface area contributed by atoms with Crippen molar-refractivity contribution in [1.82, 2.24) is 10.3 Å². The summed E-state index contributed by atoms with van der Waals surface area (Å²) in [7, 11) is 0. The lowest BCUT2D eigenvalue weighted by Crippen LogP contribution is -2.32. The number of carbonyl (C=O) groups excluding carboxylic acids is 1. The molecule has 1 aromatic rings. The Kier molecular flexibility index (Phi) is 5.54. The van der Waals surface area contributed by atoms with Crippen LogP contribution in [-0.2, 0) is 0 Å². The van der Waals surface area contributed by atoms with Crippen molar-refractivity contribution in [2.75, 3.05) is 0 Å². The molecule has 1 heterocycles. The minimum Gasteiger partial charge on any atom is -0.350 e. The molecule has 16 heavy (non-hydrogen) atoms. The smallest absolute Gasteiger partial charge is 0.253 e. The Bertz CT molecular complexity index is 311. The van der Waals surface area contributed by atoms with Gasteiger partial charge in [-0.15, -0.1) is 0 Å². The fraction of sp³-hybridized carbons (Fsp3) is 0.538. The van der Waals surface area contributed by atoms with Crippen molar-refractivity contribution in [3.05, 3.63) is 30.1 Å². The summed E-state index contributed by atoms with van der Waals surface area (Å²) in [6, 6.07) is 3.79. The molecule has 1 atom stereocenters. The van der Waals surface area contributed by atoms with Crippen LogP contribution in [0.3, 0.4) is 0 Å². The average Bonchev–Trinajstić information content (AvgIpc) is 2.30. The van der Waals surface area contributed by atoms with E-state index in [1.165, 1.54) is 19.3 Å². The number of hydrogen-bond acceptors (Lipinski definition) is 2. The van der Waals surface area contributed by atoms with Gasteiger partial charge in [0.05, 0.1) is 5.56 Å². The predicted molar refractivity (Wildman–Crippen MR) is 65.3 cm³/mol. The standard InChI is InChI=1S/C13H20N2O/c1-3-4-5-7-11(2)15-13(16)12-8-6-9-14-10-12/h6,8-11H,3-5,7H2,1-2H3,(H,15,16). The minimum absolute atomic E-state index is 0.0305. The van der Waals surface area contributed by atoms with Crippen molar-refractivity contribution >= 4 is 5.91 Å². The summed E-state index contributed by atoms with van der Waals surface area (Å²) in [5, 5.41) is 2.98. The van der Waals surface area contributed by atoms with Gasteiger partial charge in [-0.25, -0.2) is 0 Å². The molecule has 3 nitrogen and oxygen atoms in total. The quantitative estimate of drug-likeness (QED) is 0.749. The van der Waals surface area contributed by atoms with Crippen LogP contribution in [0.1, 0.15) is 49.9 Å². The van der Waals surface area contributed by atoms with Gasteiger partial charge in [0, 0.05) is 18.4 Å². The average molecular weight is 220 g/mol. The van der Waals surface area contributed by atoms with Crippen molar-refractivity contribution < 1.29 is 4.79 Å². The van der Waals surface area contributed by atoms with E-state index in [1.54, 1.807) is 24.5 Å². The molecular formula is C13H20N2O. The summed E-state index contributed by atoms with van der Waals surface area (Å²) < 4.78 is 0. The fourth-order valence-corrected chi connectivity index (χ4v) is 1.58. The van der Waals surface area contributed by atoms with Crippen LogP contribution in [0.15, 0.2) is 24.5 Å². The summed E-state index contributed by atoms with van der Waals surface area (Å²) in [6.45, 7) is 4.23. The monoisotopic (exact) mass is 220 g/mol. The number of hydrogen-bond donors (Lipinski definition) is 1. The van der Waals surface area contributed by atoms with Crippen LogP contribution < -0.4 is 5.32 Å². The van der Waals surface area contributed by atoms with Gasteiger partial charge in [0.1, 0.15) is 0 Å². The molecule has 3 heteroatoms. The first kappa shape index (κ1) is 12.7.